The number of hydrogen-bond donors (Lipinski definition) is 2. The van der Waals surface area contributed by atoms with Gasteiger partial charge in [0, 0.05) is 28.4 Å². The van der Waals surface area contributed by atoms with Crippen LogP contribution in [0, 0.1) is 13.8 Å². The number of nitrogens with one attached hydrogen (secondary N) is 2. The number of carbonyl (C=O) groups is 2. The van der Waals surface area contributed by atoms with Gasteiger partial charge < -0.3 is 10.6 Å². The monoisotopic (exact) mass is 450 g/mol. The van der Waals surface area contributed by atoms with Crippen LogP contribution in [0.3, 0.4) is 0 Å². The molecule has 0 saturated carbocycles. The molecule has 6 nitrogen and oxygen atoms in total. The molecule has 0 fully saturated rings. The number of hydrogen-bond acceptors (Lipinski definition) is 3. The number of halogens is 1. The van der Waals surface area contributed by atoms with Gasteiger partial charge in [-0.2, -0.15) is 5.10 Å². The van der Waals surface area contributed by atoms with Crippen molar-refractivity contribution in [1.82, 2.24) is 15.1 Å². The summed E-state index contributed by atoms with van der Waals surface area (Å²) < 4.78 is 1.87. The number of carbonyl (C=O) groups excluding carboxylic acids is 2. The van der Waals surface area contributed by atoms with Gasteiger partial charge in [0.25, 0.3) is 5.91 Å². The van der Waals surface area contributed by atoms with Crippen LogP contribution in [0.2, 0.25) is 5.02 Å². The summed E-state index contributed by atoms with van der Waals surface area (Å²) >= 11 is 6.28. The third kappa shape index (κ3) is 5.65. The Morgan fingerprint density at radius 2 is 1.78 bits per heavy atom. The Morgan fingerprint density at radius 1 is 1.09 bits per heavy atom. The van der Waals surface area contributed by atoms with Crippen molar-refractivity contribution in [3.8, 4) is 0 Å². The normalized spacial score (nSPS) is 11.2. The quantitative estimate of drug-likeness (QED) is 0.498. The average Bonchev–Trinajstić information content (AvgIpc) is 3.00. The molecule has 0 aliphatic rings. The van der Waals surface area contributed by atoms with Crippen molar-refractivity contribution in [2.24, 2.45) is 0 Å². The minimum atomic E-state index is -0.326. The number of amides is 2. The molecule has 1 heterocycles. The van der Waals surface area contributed by atoms with Crippen molar-refractivity contribution < 1.29 is 9.59 Å². The molecule has 0 aliphatic heterocycles. The predicted octanol–water partition coefficient (Wildman–Crippen LogP) is 4.99. The van der Waals surface area contributed by atoms with Crippen LogP contribution >= 0.6 is 11.6 Å². The summed E-state index contributed by atoms with van der Waals surface area (Å²) in [6, 6.07) is 14.6. The summed E-state index contributed by atoms with van der Waals surface area (Å²) in [6.07, 6.45) is 3.20. The van der Waals surface area contributed by atoms with Crippen LogP contribution in [0.1, 0.15) is 46.7 Å². The van der Waals surface area contributed by atoms with Crippen LogP contribution in [0.5, 0.6) is 0 Å². The van der Waals surface area contributed by atoms with E-state index < -0.39 is 0 Å². The Hall–Kier alpha value is -3.38. The first-order valence-electron chi connectivity index (χ1n) is 10.4. The molecule has 32 heavy (non-hydrogen) atoms. The first-order valence-corrected chi connectivity index (χ1v) is 10.8. The molecule has 1 aromatic heterocycles. The molecule has 3 rings (SSSR count). The first-order chi connectivity index (χ1) is 15.3. The second-order valence-corrected chi connectivity index (χ2v) is 8.24. The van der Waals surface area contributed by atoms with Gasteiger partial charge in [-0.3, -0.25) is 14.3 Å². The molecule has 2 amide bonds. The van der Waals surface area contributed by atoms with E-state index in [1.54, 1.807) is 30.3 Å². The van der Waals surface area contributed by atoms with Crippen LogP contribution < -0.4 is 10.6 Å². The van der Waals surface area contributed by atoms with Gasteiger partial charge in [-0.1, -0.05) is 41.9 Å². The van der Waals surface area contributed by atoms with Crippen molar-refractivity contribution >= 4 is 35.2 Å². The van der Waals surface area contributed by atoms with Gasteiger partial charge in [0.1, 0.15) is 0 Å². The molecule has 2 N–H and O–H groups in total. The maximum Gasteiger partial charge on any atom is 0.253 e. The van der Waals surface area contributed by atoms with E-state index in [1.807, 2.05) is 56.6 Å². The van der Waals surface area contributed by atoms with Gasteiger partial charge in [-0.25, -0.2) is 0 Å². The molecule has 2 aromatic carbocycles. The number of nitrogens with zero attached hydrogens (tertiary/aromatic N) is 2. The first kappa shape index (κ1) is 23.3. The summed E-state index contributed by atoms with van der Waals surface area (Å²) in [5.41, 5.74) is 4.48. The van der Waals surface area contributed by atoms with Gasteiger partial charge in [0.2, 0.25) is 5.91 Å². The number of aryl methyl sites for hydroxylation is 1. The highest BCUT2D eigenvalue weighted by molar-refractivity contribution is 6.31. The largest absolute Gasteiger partial charge is 0.350 e. The van der Waals surface area contributed by atoms with Gasteiger partial charge in [-0.05, 0) is 57.5 Å². The standard InChI is InChI=1S/C25H27ClN4O2/c1-16(2)27-25(32)21-10-6-8-12-23(21)28-24(31)14-13-20-17(3)29-30(18(20)4)15-19-9-5-7-11-22(19)26/h5-14,16H,15H2,1-4H3,(H,27,32)(H,28,31)/b14-13+. The van der Waals surface area contributed by atoms with E-state index in [-0.39, 0.29) is 17.9 Å². The summed E-state index contributed by atoms with van der Waals surface area (Å²) in [5.74, 6) is -0.556. The predicted molar refractivity (Wildman–Crippen MR) is 129 cm³/mol. The molecule has 0 aliphatic carbocycles. The molecule has 0 unspecified atom stereocenters. The number of para-hydroxylation sites is 1. The molecule has 0 radical (unpaired) electrons. The van der Waals surface area contributed by atoms with Crippen LogP contribution in [0.4, 0.5) is 5.69 Å². The lowest BCUT2D eigenvalue weighted by Crippen LogP contribution is -2.30. The van der Waals surface area contributed by atoms with E-state index in [2.05, 4.69) is 15.7 Å². The molecule has 3 aromatic rings. The summed E-state index contributed by atoms with van der Waals surface area (Å²) in [6.45, 7) is 8.18. The summed E-state index contributed by atoms with van der Waals surface area (Å²) in [5, 5.41) is 10.9. The van der Waals surface area contributed by atoms with Crippen molar-refractivity contribution in [1.29, 1.82) is 0 Å². The Balaban J connectivity index is 1.75. The third-order valence-corrected chi connectivity index (χ3v) is 5.33. The lowest BCUT2D eigenvalue weighted by atomic mass is 10.1. The fraction of sp³-hybridized carbons (Fsp3) is 0.240. The topological polar surface area (TPSA) is 76.0 Å². The highest BCUT2D eigenvalue weighted by Crippen LogP contribution is 2.21. The fourth-order valence-electron chi connectivity index (χ4n) is 3.36. The minimum Gasteiger partial charge on any atom is -0.350 e. The molecular weight excluding hydrogens is 424 g/mol. The lowest BCUT2D eigenvalue weighted by Gasteiger charge is -2.12. The maximum atomic E-state index is 12.6. The molecule has 7 heteroatoms. The van der Waals surface area contributed by atoms with Gasteiger partial charge in [-0.15, -0.1) is 0 Å². The lowest BCUT2D eigenvalue weighted by molar-refractivity contribution is -0.111. The van der Waals surface area contributed by atoms with E-state index >= 15 is 0 Å². The molecule has 0 atom stereocenters. The van der Waals surface area contributed by atoms with Crippen LogP contribution in [0.15, 0.2) is 54.6 Å². The smallest absolute Gasteiger partial charge is 0.253 e. The second kappa shape index (κ2) is 10.3. The maximum absolute atomic E-state index is 12.6. The van der Waals surface area contributed by atoms with Crippen molar-refractivity contribution in [2.45, 2.75) is 40.3 Å². The molecule has 0 spiro atoms. The Labute approximate surface area is 193 Å². The van der Waals surface area contributed by atoms with Crippen LogP contribution in [-0.4, -0.2) is 27.6 Å². The van der Waals surface area contributed by atoms with E-state index in [4.69, 9.17) is 11.6 Å². The number of anilines is 1. The molecule has 166 valence electrons. The van der Waals surface area contributed by atoms with Gasteiger partial charge >= 0.3 is 0 Å². The van der Waals surface area contributed by atoms with Crippen LogP contribution in [0.25, 0.3) is 6.08 Å². The summed E-state index contributed by atoms with van der Waals surface area (Å²) in [7, 11) is 0. The Morgan fingerprint density at radius 3 is 2.50 bits per heavy atom. The highest BCUT2D eigenvalue weighted by atomic mass is 35.5. The number of benzene rings is 2. The molecule has 0 saturated heterocycles. The summed E-state index contributed by atoms with van der Waals surface area (Å²) in [4.78, 5) is 25.0. The van der Waals surface area contributed by atoms with E-state index in [1.165, 1.54) is 6.08 Å². The van der Waals surface area contributed by atoms with E-state index in [0.717, 1.165) is 22.5 Å². The zero-order valence-corrected chi connectivity index (χ0v) is 19.4. The number of rotatable bonds is 7. The fourth-order valence-corrected chi connectivity index (χ4v) is 3.55. The zero-order chi connectivity index (χ0) is 23.3. The van der Waals surface area contributed by atoms with Gasteiger partial charge in [0.05, 0.1) is 23.5 Å². The third-order valence-electron chi connectivity index (χ3n) is 4.97. The zero-order valence-electron chi connectivity index (χ0n) is 18.6. The minimum absolute atomic E-state index is 0.000548. The Kier molecular flexibility index (Phi) is 7.49. The van der Waals surface area contributed by atoms with E-state index in [9.17, 15) is 9.59 Å². The van der Waals surface area contributed by atoms with Gasteiger partial charge in [0.15, 0.2) is 0 Å². The highest BCUT2D eigenvalue weighted by Gasteiger charge is 2.14. The number of aromatic nitrogens is 2. The molecular formula is C25H27ClN4O2. The SMILES string of the molecule is Cc1nn(Cc2ccccc2Cl)c(C)c1/C=C/C(=O)Nc1ccccc1C(=O)NC(C)C. The Bertz CT molecular complexity index is 1160. The van der Waals surface area contributed by atoms with Crippen molar-refractivity contribution in [2.75, 3.05) is 5.32 Å². The average molecular weight is 451 g/mol. The van der Waals surface area contributed by atoms with Crippen molar-refractivity contribution in [3.05, 3.63) is 87.7 Å². The van der Waals surface area contributed by atoms with Crippen LogP contribution in [-0.2, 0) is 11.3 Å². The molecule has 0 bridgehead atoms. The van der Waals surface area contributed by atoms with E-state index in [0.29, 0.717) is 22.8 Å². The second-order valence-electron chi connectivity index (χ2n) is 7.83. The van der Waals surface area contributed by atoms with Crippen molar-refractivity contribution in [3.63, 3.8) is 0 Å².